The fraction of sp³-hybridized carbons (Fsp3) is 0.250. The molecule has 0 aliphatic heterocycles. The SMILES string of the molecule is CNc1ccc2c(C)cc(C)nc2c1N. The maximum atomic E-state index is 6.04. The smallest absolute Gasteiger partial charge is 0.0958 e. The van der Waals surface area contributed by atoms with Crippen molar-refractivity contribution in [2.75, 3.05) is 18.1 Å². The number of nitrogens with two attached hydrogens (primary N) is 1. The van der Waals surface area contributed by atoms with Gasteiger partial charge in [0.15, 0.2) is 0 Å². The summed E-state index contributed by atoms with van der Waals surface area (Å²) in [6.45, 7) is 4.06. The molecule has 0 unspecified atom stereocenters. The zero-order valence-electron chi connectivity index (χ0n) is 9.26. The van der Waals surface area contributed by atoms with Gasteiger partial charge in [0.05, 0.1) is 16.9 Å². The normalized spacial score (nSPS) is 10.6. The first-order valence-corrected chi connectivity index (χ1v) is 4.97. The van der Waals surface area contributed by atoms with Crippen LogP contribution in [0.5, 0.6) is 0 Å². The number of hydrogen-bond donors (Lipinski definition) is 2. The van der Waals surface area contributed by atoms with Crippen LogP contribution in [0.25, 0.3) is 10.9 Å². The molecule has 3 nitrogen and oxygen atoms in total. The summed E-state index contributed by atoms with van der Waals surface area (Å²) in [6, 6.07) is 6.11. The van der Waals surface area contributed by atoms with Gasteiger partial charge >= 0.3 is 0 Å². The second kappa shape index (κ2) is 3.42. The minimum absolute atomic E-state index is 0.724. The molecular weight excluding hydrogens is 186 g/mol. The standard InChI is InChI=1S/C12H15N3/c1-7-6-8(2)15-12-9(7)4-5-10(14-3)11(12)13/h4-6,14H,13H2,1-3H3. The van der Waals surface area contributed by atoms with Crippen LogP contribution in [0.4, 0.5) is 11.4 Å². The minimum Gasteiger partial charge on any atom is -0.395 e. The molecule has 3 N–H and O–H groups in total. The molecule has 78 valence electrons. The summed E-state index contributed by atoms with van der Waals surface area (Å²) in [5.74, 6) is 0. The Morgan fingerprint density at radius 3 is 2.67 bits per heavy atom. The number of benzene rings is 1. The Balaban J connectivity index is 2.86. The van der Waals surface area contributed by atoms with Crippen LogP contribution in [0.1, 0.15) is 11.3 Å². The number of aryl methyl sites for hydroxylation is 2. The van der Waals surface area contributed by atoms with E-state index in [0.29, 0.717) is 0 Å². The summed E-state index contributed by atoms with van der Waals surface area (Å²) >= 11 is 0. The van der Waals surface area contributed by atoms with Gasteiger partial charge < -0.3 is 11.1 Å². The van der Waals surface area contributed by atoms with Crippen LogP contribution in [0, 0.1) is 13.8 Å². The highest BCUT2D eigenvalue weighted by Crippen LogP contribution is 2.29. The van der Waals surface area contributed by atoms with Crippen molar-refractivity contribution in [3.05, 3.63) is 29.5 Å². The Bertz CT molecular complexity index is 518. The maximum Gasteiger partial charge on any atom is 0.0958 e. The summed E-state index contributed by atoms with van der Waals surface area (Å²) in [5, 5.41) is 4.18. The molecule has 3 heteroatoms. The van der Waals surface area contributed by atoms with Crippen molar-refractivity contribution in [3.63, 3.8) is 0 Å². The number of anilines is 2. The van der Waals surface area contributed by atoms with Gasteiger partial charge in [0.25, 0.3) is 0 Å². The summed E-state index contributed by atoms with van der Waals surface area (Å²) < 4.78 is 0. The van der Waals surface area contributed by atoms with Crippen molar-refractivity contribution in [1.29, 1.82) is 0 Å². The highest BCUT2D eigenvalue weighted by molar-refractivity contribution is 5.97. The number of nitrogen functional groups attached to an aromatic ring is 1. The molecule has 2 rings (SSSR count). The third-order valence-corrected chi connectivity index (χ3v) is 2.62. The van der Waals surface area contributed by atoms with E-state index in [1.807, 2.05) is 20.0 Å². The lowest BCUT2D eigenvalue weighted by molar-refractivity contribution is 1.23. The van der Waals surface area contributed by atoms with Gasteiger partial charge in [-0.1, -0.05) is 6.07 Å². The number of aromatic nitrogens is 1. The van der Waals surface area contributed by atoms with Crippen molar-refractivity contribution in [3.8, 4) is 0 Å². The quantitative estimate of drug-likeness (QED) is 0.697. The lowest BCUT2D eigenvalue weighted by Gasteiger charge is -2.10. The first kappa shape index (κ1) is 9.77. The van der Waals surface area contributed by atoms with Gasteiger partial charge in [0, 0.05) is 18.1 Å². The van der Waals surface area contributed by atoms with E-state index in [-0.39, 0.29) is 0 Å². The molecule has 1 aromatic carbocycles. The van der Waals surface area contributed by atoms with Gasteiger partial charge in [-0.3, -0.25) is 4.98 Å². The van der Waals surface area contributed by atoms with Crippen LogP contribution >= 0.6 is 0 Å². The molecule has 0 radical (unpaired) electrons. The van der Waals surface area contributed by atoms with Gasteiger partial charge in [-0.15, -0.1) is 0 Å². The topological polar surface area (TPSA) is 50.9 Å². The van der Waals surface area contributed by atoms with Crippen LogP contribution in [-0.2, 0) is 0 Å². The predicted octanol–water partition coefficient (Wildman–Crippen LogP) is 2.48. The highest BCUT2D eigenvalue weighted by atomic mass is 14.9. The van der Waals surface area contributed by atoms with Gasteiger partial charge in [-0.2, -0.15) is 0 Å². The number of pyridine rings is 1. The van der Waals surface area contributed by atoms with Crippen molar-refractivity contribution < 1.29 is 0 Å². The molecule has 1 aromatic heterocycles. The summed E-state index contributed by atoms with van der Waals surface area (Å²) in [6.07, 6.45) is 0. The van der Waals surface area contributed by atoms with Crippen LogP contribution in [-0.4, -0.2) is 12.0 Å². The first-order valence-electron chi connectivity index (χ1n) is 4.97. The molecular formula is C12H15N3. The number of nitrogens with zero attached hydrogens (tertiary/aromatic N) is 1. The third-order valence-electron chi connectivity index (χ3n) is 2.62. The fourth-order valence-corrected chi connectivity index (χ4v) is 1.86. The van der Waals surface area contributed by atoms with Gasteiger partial charge in [0.2, 0.25) is 0 Å². The van der Waals surface area contributed by atoms with E-state index in [2.05, 4.69) is 29.4 Å². The minimum atomic E-state index is 0.724. The lowest BCUT2D eigenvalue weighted by atomic mass is 10.1. The van der Waals surface area contributed by atoms with E-state index in [0.717, 1.165) is 28.0 Å². The van der Waals surface area contributed by atoms with Crippen LogP contribution in [0.15, 0.2) is 18.2 Å². The molecule has 15 heavy (non-hydrogen) atoms. The monoisotopic (exact) mass is 201 g/mol. The molecule has 0 aliphatic carbocycles. The Morgan fingerprint density at radius 2 is 2.00 bits per heavy atom. The van der Waals surface area contributed by atoms with Gasteiger partial charge in [-0.25, -0.2) is 0 Å². The summed E-state index contributed by atoms with van der Waals surface area (Å²) in [4.78, 5) is 4.48. The van der Waals surface area contributed by atoms with E-state index in [9.17, 15) is 0 Å². The molecule has 0 bridgehead atoms. The number of fused-ring (bicyclic) bond motifs is 1. The zero-order chi connectivity index (χ0) is 11.0. The summed E-state index contributed by atoms with van der Waals surface area (Å²) in [7, 11) is 1.86. The average molecular weight is 201 g/mol. The van der Waals surface area contributed by atoms with Crippen LogP contribution < -0.4 is 11.1 Å². The van der Waals surface area contributed by atoms with Crippen molar-refractivity contribution in [2.45, 2.75) is 13.8 Å². The van der Waals surface area contributed by atoms with Crippen LogP contribution in [0.2, 0.25) is 0 Å². The molecule has 0 spiro atoms. The highest BCUT2D eigenvalue weighted by Gasteiger charge is 2.06. The van der Waals surface area contributed by atoms with E-state index in [1.165, 1.54) is 5.56 Å². The predicted molar refractivity (Wildman–Crippen MR) is 65.2 cm³/mol. The van der Waals surface area contributed by atoms with Crippen molar-refractivity contribution >= 4 is 22.3 Å². The Kier molecular flexibility index (Phi) is 2.23. The molecule has 2 aromatic rings. The van der Waals surface area contributed by atoms with Gasteiger partial charge in [-0.05, 0) is 31.5 Å². The molecule has 0 fully saturated rings. The lowest BCUT2D eigenvalue weighted by Crippen LogP contribution is -1.99. The molecule has 0 atom stereocenters. The second-order valence-electron chi connectivity index (χ2n) is 3.75. The number of hydrogen-bond acceptors (Lipinski definition) is 3. The molecule has 1 heterocycles. The first-order chi connectivity index (χ1) is 7.13. The molecule has 0 saturated heterocycles. The Hall–Kier alpha value is -1.77. The van der Waals surface area contributed by atoms with Crippen LogP contribution in [0.3, 0.4) is 0 Å². The van der Waals surface area contributed by atoms with Crippen molar-refractivity contribution in [2.24, 2.45) is 0 Å². The number of nitrogens with one attached hydrogen (secondary N) is 1. The van der Waals surface area contributed by atoms with E-state index in [4.69, 9.17) is 5.73 Å². The Labute approximate surface area is 89.3 Å². The fourth-order valence-electron chi connectivity index (χ4n) is 1.86. The van der Waals surface area contributed by atoms with E-state index in [1.54, 1.807) is 0 Å². The molecule has 0 amide bonds. The Morgan fingerprint density at radius 1 is 1.27 bits per heavy atom. The zero-order valence-corrected chi connectivity index (χ0v) is 9.26. The molecule has 0 saturated carbocycles. The van der Waals surface area contributed by atoms with Crippen molar-refractivity contribution in [1.82, 2.24) is 4.98 Å². The summed E-state index contributed by atoms with van der Waals surface area (Å²) in [5.41, 5.74) is 10.8. The van der Waals surface area contributed by atoms with E-state index >= 15 is 0 Å². The molecule has 0 aliphatic rings. The third kappa shape index (κ3) is 1.50. The van der Waals surface area contributed by atoms with E-state index < -0.39 is 0 Å². The number of rotatable bonds is 1. The average Bonchev–Trinajstić information content (AvgIpc) is 2.19. The largest absolute Gasteiger partial charge is 0.395 e. The van der Waals surface area contributed by atoms with Gasteiger partial charge in [0.1, 0.15) is 0 Å². The second-order valence-corrected chi connectivity index (χ2v) is 3.75. The maximum absolute atomic E-state index is 6.04.